The second-order valence-electron chi connectivity index (χ2n) is 20.0. The van der Waals surface area contributed by atoms with Crippen molar-refractivity contribution in [2.75, 3.05) is 40.9 Å². The summed E-state index contributed by atoms with van der Waals surface area (Å²) >= 11 is 0. The number of rotatable bonds is 50. The third-order valence-electron chi connectivity index (χ3n) is 12.6. The smallest absolute Gasteiger partial charge is 0.268 e. The van der Waals surface area contributed by atoms with E-state index in [2.05, 4.69) is 19.2 Å². The predicted molar refractivity (Wildman–Crippen MR) is 261 cm³/mol. The van der Waals surface area contributed by atoms with Crippen LogP contribution in [0.3, 0.4) is 0 Å². The number of hydrogen-bond acceptors (Lipinski definition) is 6. The highest BCUT2D eigenvalue weighted by molar-refractivity contribution is 7.45. The SMILES string of the molecule is CCCCCCCCCCCCCCCCCCCCCCCCC(=O)NC(COP(=O)([O-])OCC[N+](C)(C)C)C(O)CCCCCCCCCCCCCCCCCCC. The molecule has 3 unspecified atom stereocenters. The van der Waals surface area contributed by atoms with Crippen molar-refractivity contribution in [3.63, 3.8) is 0 Å². The highest BCUT2D eigenvalue weighted by Crippen LogP contribution is 2.38. The molecule has 61 heavy (non-hydrogen) atoms. The first-order valence-electron chi connectivity index (χ1n) is 26.9. The molecule has 2 N–H and O–H groups in total. The first kappa shape index (κ1) is 60.5. The van der Waals surface area contributed by atoms with Crippen molar-refractivity contribution >= 4 is 13.7 Å². The molecule has 0 aliphatic heterocycles. The summed E-state index contributed by atoms with van der Waals surface area (Å²) < 4.78 is 23.4. The molecule has 0 spiro atoms. The molecule has 0 bridgehead atoms. The van der Waals surface area contributed by atoms with Crippen LogP contribution in [0.5, 0.6) is 0 Å². The van der Waals surface area contributed by atoms with Gasteiger partial charge in [0.15, 0.2) is 0 Å². The number of unbranched alkanes of at least 4 members (excludes halogenated alkanes) is 37. The van der Waals surface area contributed by atoms with Crippen molar-refractivity contribution in [3.8, 4) is 0 Å². The van der Waals surface area contributed by atoms with Crippen molar-refractivity contribution in [2.24, 2.45) is 0 Å². The fraction of sp³-hybridized carbons (Fsp3) is 0.981. The number of aliphatic hydroxyl groups is 1. The van der Waals surface area contributed by atoms with Crippen LogP contribution < -0.4 is 10.2 Å². The minimum absolute atomic E-state index is 0.0165. The summed E-state index contributed by atoms with van der Waals surface area (Å²) in [5.41, 5.74) is 0. The lowest BCUT2D eigenvalue weighted by Gasteiger charge is -2.30. The molecule has 366 valence electrons. The average Bonchev–Trinajstić information content (AvgIpc) is 3.21. The second-order valence-corrected chi connectivity index (χ2v) is 21.4. The molecule has 0 fully saturated rings. The molecule has 1 amide bonds. The normalized spacial score (nSPS) is 14.0. The van der Waals surface area contributed by atoms with E-state index in [0.29, 0.717) is 23.9 Å². The van der Waals surface area contributed by atoms with Gasteiger partial charge in [-0.3, -0.25) is 9.36 Å². The van der Waals surface area contributed by atoms with Gasteiger partial charge in [0, 0.05) is 6.42 Å². The van der Waals surface area contributed by atoms with E-state index < -0.39 is 20.0 Å². The van der Waals surface area contributed by atoms with E-state index in [0.717, 1.165) is 38.5 Å². The summed E-state index contributed by atoms with van der Waals surface area (Å²) in [6.07, 6.45) is 51.2. The van der Waals surface area contributed by atoms with E-state index in [-0.39, 0.29) is 19.1 Å². The molecular weight excluding hydrogens is 780 g/mol. The zero-order valence-electron chi connectivity index (χ0n) is 41.7. The zero-order chi connectivity index (χ0) is 45.0. The van der Waals surface area contributed by atoms with Gasteiger partial charge in [0.2, 0.25) is 5.91 Å². The lowest BCUT2D eigenvalue weighted by Crippen LogP contribution is -2.46. The van der Waals surface area contributed by atoms with Gasteiger partial charge in [-0.2, -0.15) is 0 Å². The molecule has 0 aliphatic rings. The minimum atomic E-state index is -4.56. The van der Waals surface area contributed by atoms with E-state index >= 15 is 0 Å². The van der Waals surface area contributed by atoms with Crippen molar-refractivity contribution in [1.82, 2.24) is 5.32 Å². The Labute approximate surface area is 380 Å². The molecule has 0 heterocycles. The molecule has 0 aliphatic carbocycles. The molecule has 9 heteroatoms. The third-order valence-corrected chi connectivity index (χ3v) is 13.6. The zero-order valence-corrected chi connectivity index (χ0v) is 42.5. The number of aliphatic hydroxyl groups excluding tert-OH is 1. The van der Waals surface area contributed by atoms with Gasteiger partial charge in [-0.1, -0.05) is 258 Å². The summed E-state index contributed by atoms with van der Waals surface area (Å²) in [5.74, 6) is -0.157. The summed E-state index contributed by atoms with van der Waals surface area (Å²) in [6, 6.07) is -0.794. The Morgan fingerprint density at radius 1 is 0.508 bits per heavy atom. The largest absolute Gasteiger partial charge is 0.756 e. The standard InChI is InChI=1S/C52H107N2O6P/c1-6-8-10-12-14-16-18-20-22-24-25-26-27-28-30-32-34-36-38-40-42-44-46-52(56)53-50(49-60-61(57,58)59-48-47-54(3,4)5)51(55)45-43-41-39-37-35-33-31-29-23-21-19-17-15-13-11-9-7-2/h50-51,55H,6-49H2,1-5H3,(H-,53,56,57,58). The van der Waals surface area contributed by atoms with E-state index in [9.17, 15) is 19.4 Å². The summed E-state index contributed by atoms with van der Waals surface area (Å²) in [4.78, 5) is 25.5. The molecule has 0 aromatic rings. The van der Waals surface area contributed by atoms with Crippen molar-refractivity contribution in [2.45, 2.75) is 289 Å². The lowest BCUT2D eigenvalue weighted by molar-refractivity contribution is -0.870. The van der Waals surface area contributed by atoms with Crippen LogP contribution in [0.15, 0.2) is 0 Å². The highest BCUT2D eigenvalue weighted by Gasteiger charge is 2.24. The Bertz CT molecular complexity index is 963. The molecule has 0 aromatic heterocycles. The summed E-state index contributed by atoms with van der Waals surface area (Å²) in [5, 5.41) is 14.0. The van der Waals surface area contributed by atoms with Crippen molar-refractivity contribution in [3.05, 3.63) is 0 Å². The monoisotopic (exact) mass is 887 g/mol. The van der Waals surface area contributed by atoms with Gasteiger partial charge in [0.25, 0.3) is 7.82 Å². The Hall–Kier alpha value is -0.500. The van der Waals surface area contributed by atoms with Crippen molar-refractivity contribution < 1.29 is 32.9 Å². The van der Waals surface area contributed by atoms with Gasteiger partial charge in [0.05, 0.1) is 39.9 Å². The van der Waals surface area contributed by atoms with Crippen LogP contribution in [0.1, 0.15) is 277 Å². The predicted octanol–water partition coefficient (Wildman–Crippen LogP) is 15.1. The summed E-state index contributed by atoms with van der Waals surface area (Å²) in [6.45, 7) is 4.77. The first-order chi connectivity index (χ1) is 29.5. The highest BCUT2D eigenvalue weighted by atomic mass is 31.2. The number of phosphoric ester groups is 1. The van der Waals surface area contributed by atoms with E-state index in [1.54, 1.807) is 0 Å². The maximum atomic E-state index is 12.9. The van der Waals surface area contributed by atoms with Crippen LogP contribution in [0.25, 0.3) is 0 Å². The molecule has 0 rings (SSSR count). The number of likely N-dealkylation sites (N-methyl/N-ethyl adjacent to an activating group) is 1. The molecule has 0 saturated heterocycles. The van der Waals surface area contributed by atoms with Gasteiger partial charge in [0.1, 0.15) is 13.2 Å². The average molecular weight is 887 g/mol. The van der Waals surface area contributed by atoms with Gasteiger partial charge in [-0.15, -0.1) is 0 Å². The number of carbonyl (C=O) groups is 1. The van der Waals surface area contributed by atoms with Gasteiger partial charge in [-0.05, 0) is 12.8 Å². The van der Waals surface area contributed by atoms with Gasteiger partial charge >= 0.3 is 0 Å². The molecule has 0 saturated carbocycles. The van der Waals surface area contributed by atoms with Gasteiger partial charge in [-0.25, -0.2) is 0 Å². The maximum absolute atomic E-state index is 12.9. The maximum Gasteiger partial charge on any atom is 0.268 e. The summed E-state index contributed by atoms with van der Waals surface area (Å²) in [7, 11) is 1.32. The van der Waals surface area contributed by atoms with E-state index in [1.807, 2.05) is 21.1 Å². The third kappa shape index (κ3) is 47.3. The number of carbonyl (C=O) groups excluding carboxylic acids is 1. The van der Waals surface area contributed by atoms with Crippen LogP contribution in [-0.2, 0) is 18.4 Å². The number of phosphoric acid groups is 1. The van der Waals surface area contributed by atoms with Crippen LogP contribution >= 0.6 is 7.82 Å². The van der Waals surface area contributed by atoms with Crippen LogP contribution in [0.4, 0.5) is 0 Å². The molecule has 3 atom stereocenters. The Morgan fingerprint density at radius 3 is 1.11 bits per heavy atom. The first-order valence-corrected chi connectivity index (χ1v) is 28.3. The van der Waals surface area contributed by atoms with Gasteiger partial charge < -0.3 is 28.8 Å². The number of nitrogens with one attached hydrogen (secondary N) is 1. The fourth-order valence-electron chi connectivity index (χ4n) is 8.34. The number of amides is 1. The van der Waals surface area contributed by atoms with Crippen LogP contribution in [-0.4, -0.2) is 68.5 Å². The lowest BCUT2D eigenvalue weighted by atomic mass is 10.0. The second kappa shape index (κ2) is 44.7. The fourth-order valence-corrected chi connectivity index (χ4v) is 9.06. The van der Waals surface area contributed by atoms with E-state index in [1.165, 1.54) is 212 Å². The topological polar surface area (TPSA) is 108 Å². The number of hydrogen-bond donors (Lipinski definition) is 2. The van der Waals surface area contributed by atoms with E-state index in [4.69, 9.17) is 9.05 Å². The van der Waals surface area contributed by atoms with Crippen LogP contribution in [0, 0.1) is 0 Å². The quantitative estimate of drug-likeness (QED) is 0.0358. The minimum Gasteiger partial charge on any atom is -0.756 e. The number of quaternary nitrogens is 1. The molecule has 8 nitrogen and oxygen atoms in total. The van der Waals surface area contributed by atoms with Crippen molar-refractivity contribution in [1.29, 1.82) is 0 Å². The molecular formula is C52H107N2O6P. The number of nitrogens with zero attached hydrogens (tertiary/aromatic N) is 1. The Kier molecular flexibility index (Phi) is 44.3. The Morgan fingerprint density at radius 2 is 0.803 bits per heavy atom. The Balaban J connectivity index is 4.17. The van der Waals surface area contributed by atoms with Crippen LogP contribution in [0.2, 0.25) is 0 Å². The molecule has 0 radical (unpaired) electrons. The molecule has 0 aromatic carbocycles.